The number of hydrogen-bond acceptors (Lipinski definition) is 5. The molecule has 7 nitrogen and oxygen atoms in total. The summed E-state index contributed by atoms with van der Waals surface area (Å²) in [5.41, 5.74) is 1.18. The van der Waals surface area contributed by atoms with Crippen LogP contribution in [0.1, 0.15) is 136 Å². The van der Waals surface area contributed by atoms with Gasteiger partial charge in [-0.2, -0.15) is 0 Å². The Morgan fingerprint density at radius 3 is 1.65 bits per heavy atom. The van der Waals surface area contributed by atoms with Crippen LogP contribution in [0, 0.1) is 5.92 Å². The van der Waals surface area contributed by atoms with E-state index in [0.717, 1.165) is 77.0 Å². The van der Waals surface area contributed by atoms with Crippen molar-refractivity contribution in [2.75, 3.05) is 26.2 Å². The molecule has 0 spiro atoms. The van der Waals surface area contributed by atoms with Crippen molar-refractivity contribution in [2.45, 2.75) is 143 Å². The normalized spacial score (nSPS) is 14.7. The van der Waals surface area contributed by atoms with Crippen molar-refractivity contribution < 1.29 is 24.3 Å². The number of aliphatic hydroxyl groups is 1. The number of aliphatic hydroxyl groups excluding tert-OH is 1. The van der Waals surface area contributed by atoms with Gasteiger partial charge in [0.15, 0.2) is 0 Å². The average Bonchev–Trinajstić information content (AvgIpc) is 3.18. The third kappa shape index (κ3) is 28.1. The maximum absolute atomic E-state index is 11.4. The van der Waals surface area contributed by atoms with Crippen molar-refractivity contribution >= 4 is 23.4 Å². The van der Waals surface area contributed by atoms with Crippen LogP contribution in [0.3, 0.4) is 0 Å². The number of Topliss-reactive ketones (excluding diaryl/α,β-unsaturated/α-hetero) is 2. The van der Waals surface area contributed by atoms with Crippen LogP contribution in [0.4, 0.5) is 0 Å². The molecule has 2 aliphatic heterocycles. The third-order valence-corrected chi connectivity index (χ3v) is 8.94. The fraction of sp³-hybridized carbons (Fsp3) is 0.600. The summed E-state index contributed by atoms with van der Waals surface area (Å²) in [4.78, 5) is 48.9. The minimum absolute atomic E-state index is 0.120. The first-order valence-corrected chi connectivity index (χ1v) is 20.0. The molecule has 52 heavy (non-hydrogen) atoms. The van der Waals surface area contributed by atoms with Crippen LogP contribution >= 0.6 is 0 Å². The fourth-order valence-corrected chi connectivity index (χ4v) is 5.58. The van der Waals surface area contributed by atoms with Gasteiger partial charge in [-0.25, -0.2) is 0 Å². The lowest BCUT2D eigenvalue weighted by molar-refractivity contribution is -0.127. The number of aryl methyl sites for hydroxylation is 1. The second-order valence-electron chi connectivity index (χ2n) is 14.0. The van der Waals surface area contributed by atoms with E-state index < -0.39 is 6.10 Å². The Labute approximate surface area is 317 Å². The second-order valence-corrected chi connectivity index (χ2v) is 14.0. The van der Waals surface area contributed by atoms with E-state index in [1.54, 1.807) is 36.5 Å². The van der Waals surface area contributed by atoms with Crippen LogP contribution in [-0.2, 0) is 25.6 Å². The lowest BCUT2D eigenvalue weighted by Gasteiger charge is -2.25. The maximum atomic E-state index is 11.4. The predicted octanol–water partition coefficient (Wildman–Crippen LogP) is 9.79. The number of unbranched alkanes of at least 4 members (excludes halogenated alkanes) is 3. The van der Waals surface area contributed by atoms with E-state index in [1.807, 2.05) is 54.0 Å². The van der Waals surface area contributed by atoms with Gasteiger partial charge in [-0.05, 0) is 69.3 Å². The molecule has 292 valence electrons. The van der Waals surface area contributed by atoms with Crippen LogP contribution in [0.15, 0.2) is 79.9 Å². The summed E-state index contributed by atoms with van der Waals surface area (Å²) >= 11 is 0. The smallest absolute Gasteiger partial charge is 0.246 e. The van der Waals surface area contributed by atoms with Crippen molar-refractivity contribution in [1.82, 2.24) is 9.80 Å². The molecule has 2 saturated heterocycles. The highest BCUT2D eigenvalue weighted by Gasteiger charge is 2.14. The Kier molecular flexibility index (Phi) is 31.0. The zero-order valence-corrected chi connectivity index (χ0v) is 33.2. The number of benzene rings is 1. The summed E-state index contributed by atoms with van der Waals surface area (Å²) in [6, 6.07) is 9.95. The minimum atomic E-state index is -0.465. The van der Waals surface area contributed by atoms with Crippen molar-refractivity contribution in [3.63, 3.8) is 0 Å². The molecule has 2 heterocycles. The standard InChI is InChI=1S/C13H18O2.C12H24O.2C10H15NO/c1-2-12(14)10-13(15)9-8-11-6-4-3-5-7-11;1-4-12(13)10-8-6-5-7-9-11(2)3;2*1-2-3-7-10(12)11-8-5-4-6-9-11/h3-7,12,14H,2,8-10H2,1H3;11H,4-10H2,1-3H3;2*2-3,7H,1,4-6,8-9H2/b;;2*7-3+. The van der Waals surface area contributed by atoms with E-state index in [9.17, 15) is 24.3 Å². The van der Waals surface area contributed by atoms with Gasteiger partial charge in [-0.3, -0.25) is 19.2 Å². The van der Waals surface area contributed by atoms with E-state index in [4.69, 9.17) is 0 Å². The molecular weight excluding hydrogens is 649 g/mol. The number of ketones is 2. The molecule has 0 aromatic heterocycles. The lowest BCUT2D eigenvalue weighted by atomic mass is 10.0. The van der Waals surface area contributed by atoms with Crippen molar-refractivity contribution in [3.05, 3.63) is 85.5 Å². The molecule has 2 fully saturated rings. The average molecular weight is 721 g/mol. The third-order valence-electron chi connectivity index (χ3n) is 8.94. The number of piperidine rings is 2. The molecule has 0 bridgehead atoms. The monoisotopic (exact) mass is 721 g/mol. The molecule has 0 saturated carbocycles. The molecule has 1 unspecified atom stereocenters. The summed E-state index contributed by atoms with van der Waals surface area (Å²) in [5.74, 6) is 1.64. The molecule has 2 aliphatic rings. The fourth-order valence-electron chi connectivity index (χ4n) is 5.58. The molecule has 3 rings (SSSR count). The van der Waals surface area contributed by atoms with E-state index in [1.165, 1.54) is 44.1 Å². The summed E-state index contributed by atoms with van der Waals surface area (Å²) < 4.78 is 0. The summed E-state index contributed by atoms with van der Waals surface area (Å²) in [7, 11) is 0. The molecule has 0 aliphatic carbocycles. The van der Waals surface area contributed by atoms with Crippen molar-refractivity contribution in [3.8, 4) is 0 Å². The second kappa shape index (κ2) is 33.3. The van der Waals surface area contributed by atoms with Crippen LogP contribution in [0.5, 0.6) is 0 Å². The van der Waals surface area contributed by atoms with Crippen LogP contribution < -0.4 is 0 Å². The maximum Gasteiger partial charge on any atom is 0.246 e. The Hall–Kier alpha value is -3.58. The zero-order valence-electron chi connectivity index (χ0n) is 33.2. The largest absolute Gasteiger partial charge is 0.393 e. The van der Waals surface area contributed by atoms with Gasteiger partial charge in [-0.1, -0.05) is 121 Å². The number of carbonyl (C=O) groups is 4. The lowest BCUT2D eigenvalue weighted by Crippen LogP contribution is -2.34. The summed E-state index contributed by atoms with van der Waals surface area (Å²) in [6.07, 6.45) is 26.5. The summed E-state index contributed by atoms with van der Waals surface area (Å²) in [6.45, 7) is 19.1. The number of nitrogens with zero attached hydrogens (tertiary/aromatic N) is 2. The van der Waals surface area contributed by atoms with Crippen molar-refractivity contribution in [1.29, 1.82) is 0 Å². The Balaban J connectivity index is 0.000000670. The quantitative estimate of drug-likeness (QED) is 0.0926. The predicted molar refractivity (Wildman–Crippen MR) is 218 cm³/mol. The molecule has 1 atom stereocenters. The number of amides is 2. The number of rotatable bonds is 18. The number of carbonyl (C=O) groups excluding carboxylic acids is 4. The molecule has 1 aromatic carbocycles. The molecular formula is C45H72N2O5. The highest BCUT2D eigenvalue weighted by atomic mass is 16.3. The van der Waals surface area contributed by atoms with E-state index >= 15 is 0 Å². The Morgan fingerprint density at radius 1 is 0.712 bits per heavy atom. The van der Waals surface area contributed by atoms with Crippen LogP contribution in [0.25, 0.3) is 0 Å². The first kappa shape index (κ1) is 48.4. The van der Waals surface area contributed by atoms with E-state index in [-0.39, 0.29) is 17.6 Å². The first-order chi connectivity index (χ1) is 25.1. The molecule has 7 heteroatoms. The van der Waals surface area contributed by atoms with Gasteiger partial charge >= 0.3 is 0 Å². The van der Waals surface area contributed by atoms with Gasteiger partial charge in [0, 0.05) is 64.0 Å². The molecule has 1 N–H and O–H groups in total. The zero-order chi connectivity index (χ0) is 38.8. The minimum Gasteiger partial charge on any atom is -0.393 e. The SMILES string of the molecule is C=C/C=C/C(=O)N1CCCCC1.C=C/C=C/C(=O)N1CCCCC1.CCC(=O)CCCCCCC(C)C.CCC(O)CC(=O)CCc1ccccc1. The van der Waals surface area contributed by atoms with Gasteiger partial charge in [0.05, 0.1) is 6.10 Å². The number of hydrogen-bond donors (Lipinski definition) is 1. The number of likely N-dealkylation sites (tertiary alicyclic amines) is 2. The van der Waals surface area contributed by atoms with Crippen molar-refractivity contribution in [2.24, 2.45) is 5.92 Å². The molecule has 0 radical (unpaired) electrons. The van der Waals surface area contributed by atoms with Gasteiger partial charge in [-0.15, -0.1) is 0 Å². The first-order valence-electron chi connectivity index (χ1n) is 20.0. The highest BCUT2D eigenvalue weighted by molar-refractivity contribution is 5.88. The molecule has 1 aromatic rings. The van der Waals surface area contributed by atoms with Crippen LogP contribution in [-0.4, -0.2) is 70.6 Å². The topological polar surface area (TPSA) is 95.0 Å². The van der Waals surface area contributed by atoms with Gasteiger partial charge in [0.1, 0.15) is 11.6 Å². The van der Waals surface area contributed by atoms with E-state index in [0.29, 0.717) is 31.5 Å². The molecule has 2 amide bonds. The highest BCUT2D eigenvalue weighted by Crippen LogP contribution is 2.12. The Bertz CT molecular complexity index is 1120. The summed E-state index contributed by atoms with van der Waals surface area (Å²) in [5, 5.41) is 9.30. The van der Waals surface area contributed by atoms with E-state index in [2.05, 4.69) is 27.0 Å². The van der Waals surface area contributed by atoms with Gasteiger partial charge < -0.3 is 14.9 Å². The van der Waals surface area contributed by atoms with Crippen LogP contribution in [0.2, 0.25) is 0 Å². The number of allylic oxidation sites excluding steroid dienone is 4. The van der Waals surface area contributed by atoms with Gasteiger partial charge in [0.25, 0.3) is 0 Å². The Morgan fingerprint density at radius 2 is 1.21 bits per heavy atom. The van der Waals surface area contributed by atoms with Gasteiger partial charge in [0.2, 0.25) is 11.8 Å².